The molecule has 112 valence electrons. The van der Waals surface area contributed by atoms with Gasteiger partial charge in [-0.1, -0.05) is 51.0 Å². The van der Waals surface area contributed by atoms with Crippen molar-refractivity contribution in [1.82, 2.24) is 4.90 Å². The van der Waals surface area contributed by atoms with Gasteiger partial charge in [-0.2, -0.15) is 0 Å². The predicted octanol–water partition coefficient (Wildman–Crippen LogP) is 3.76. The van der Waals surface area contributed by atoms with E-state index in [4.69, 9.17) is 5.73 Å². The Hall–Kier alpha value is -0.860. The fraction of sp³-hybridized carbons (Fsp3) is 0.667. The Labute approximate surface area is 124 Å². The monoisotopic (exact) mass is 274 g/mol. The van der Waals surface area contributed by atoms with Crippen LogP contribution in [0.4, 0.5) is 0 Å². The predicted molar refractivity (Wildman–Crippen MR) is 86.8 cm³/mol. The first-order valence-corrected chi connectivity index (χ1v) is 8.11. The van der Waals surface area contributed by atoms with Gasteiger partial charge in [0, 0.05) is 18.6 Å². The van der Waals surface area contributed by atoms with Gasteiger partial charge in [0.1, 0.15) is 0 Å². The molecule has 0 aromatic heterocycles. The molecule has 1 unspecified atom stereocenters. The molecule has 0 spiro atoms. The van der Waals surface area contributed by atoms with Crippen LogP contribution < -0.4 is 5.73 Å². The van der Waals surface area contributed by atoms with Crippen LogP contribution in [0.3, 0.4) is 0 Å². The molecule has 0 aliphatic heterocycles. The van der Waals surface area contributed by atoms with Gasteiger partial charge >= 0.3 is 0 Å². The molecule has 1 aromatic carbocycles. The molecule has 1 atom stereocenters. The van der Waals surface area contributed by atoms with Crippen LogP contribution in [0, 0.1) is 5.92 Å². The van der Waals surface area contributed by atoms with Crippen molar-refractivity contribution < 1.29 is 0 Å². The molecule has 0 radical (unpaired) electrons. The lowest BCUT2D eigenvalue weighted by Crippen LogP contribution is -2.35. The van der Waals surface area contributed by atoms with Crippen LogP contribution in [0.5, 0.6) is 0 Å². The zero-order valence-corrected chi connectivity index (χ0v) is 13.3. The average molecular weight is 274 g/mol. The van der Waals surface area contributed by atoms with E-state index < -0.39 is 0 Å². The second-order valence-corrected chi connectivity index (χ2v) is 6.82. The first-order valence-electron chi connectivity index (χ1n) is 8.11. The molecule has 2 nitrogen and oxygen atoms in total. The molecule has 2 rings (SSSR count). The molecule has 1 saturated carbocycles. The van der Waals surface area contributed by atoms with Gasteiger partial charge in [0.15, 0.2) is 0 Å². The summed E-state index contributed by atoms with van der Waals surface area (Å²) in [6.07, 6.45) is 6.60. The Kier molecular flexibility index (Phi) is 5.62. The summed E-state index contributed by atoms with van der Waals surface area (Å²) in [5, 5.41) is 0. The Balaban J connectivity index is 1.89. The summed E-state index contributed by atoms with van der Waals surface area (Å²) in [5.74, 6) is 0.711. The average Bonchev–Trinajstić information content (AvgIpc) is 2.92. The van der Waals surface area contributed by atoms with Gasteiger partial charge < -0.3 is 10.6 Å². The number of hydrogen-bond donors (Lipinski definition) is 1. The number of nitrogens with zero attached hydrogens (tertiary/aromatic N) is 1. The third kappa shape index (κ3) is 4.32. The van der Waals surface area contributed by atoms with Gasteiger partial charge in [-0.05, 0) is 43.4 Å². The lowest BCUT2D eigenvalue weighted by Gasteiger charge is -2.27. The van der Waals surface area contributed by atoms with Gasteiger partial charge in [-0.25, -0.2) is 0 Å². The van der Waals surface area contributed by atoms with Gasteiger partial charge in [0.2, 0.25) is 0 Å². The Morgan fingerprint density at radius 2 is 1.75 bits per heavy atom. The van der Waals surface area contributed by atoms with Crippen LogP contribution in [-0.2, 0) is 6.42 Å². The Bertz CT molecular complexity index is 390. The van der Waals surface area contributed by atoms with E-state index in [1.807, 2.05) is 0 Å². The molecule has 1 aromatic rings. The normalized spacial score (nSPS) is 18.1. The van der Waals surface area contributed by atoms with Crippen LogP contribution in [0.1, 0.15) is 56.7 Å². The zero-order valence-electron chi connectivity index (χ0n) is 13.3. The quantitative estimate of drug-likeness (QED) is 0.856. The smallest absolute Gasteiger partial charge is 0.0424 e. The van der Waals surface area contributed by atoms with E-state index in [0.29, 0.717) is 5.92 Å². The highest BCUT2D eigenvalue weighted by molar-refractivity contribution is 5.25. The number of nitrogens with two attached hydrogens (primary N) is 1. The van der Waals surface area contributed by atoms with E-state index in [1.54, 1.807) is 0 Å². The number of benzene rings is 1. The van der Waals surface area contributed by atoms with Crippen LogP contribution in [-0.4, -0.2) is 24.5 Å². The van der Waals surface area contributed by atoms with Crippen molar-refractivity contribution in [3.63, 3.8) is 0 Å². The molecule has 20 heavy (non-hydrogen) atoms. The van der Waals surface area contributed by atoms with E-state index in [1.165, 1.54) is 36.8 Å². The summed E-state index contributed by atoms with van der Waals surface area (Å²) < 4.78 is 0. The maximum atomic E-state index is 6.37. The van der Waals surface area contributed by atoms with Crippen molar-refractivity contribution in [2.24, 2.45) is 11.7 Å². The summed E-state index contributed by atoms with van der Waals surface area (Å²) in [6.45, 7) is 5.49. The molecule has 0 saturated heterocycles. The Morgan fingerprint density at radius 3 is 2.30 bits per heavy atom. The van der Waals surface area contributed by atoms with E-state index in [2.05, 4.69) is 50.1 Å². The fourth-order valence-corrected chi connectivity index (χ4v) is 3.28. The highest BCUT2D eigenvalue weighted by atomic mass is 15.1. The number of rotatable bonds is 6. The van der Waals surface area contributed by atoms with Gasteiger partial charge in [0.05, 0.1) is 0 Å². The molecule has 0 bridgehead atoms. The van der Waals surface area contributed by atoms with E-state index in [-0.39, 0.29) is 6.04 Å². The van der Waals surface area contributed by atoms with Gasteiger partial charge in [0.25, 0.3) is 0 Å². The van der Waals surface area contributed by atoms with E-state index in [9.17, 15) is 0 Å². The van der Waals surface area contributed by atoms with Gasteiger partial charge in [-0.3, -0.25) is 0 Å². The largest absolute Gasteiger partial charge is 0.323 e. The van der Waals surface area contributed by atoms with Crippen molar-refractivity contribution >= 4 is 0 Å². The lowest BCUT2D eigenvalue weighted by molar-refractivity contribution is 0.231. The molecule has 0 heterocycles. The topological polar surface area (TPSA) is 29.3 Å². The Morgan fingerprint density at radius 1 is 1.15 bits per heavy atom. The van der Waals surface area contributed by atoms with Crippen molar-refractivity contribution in [3.05, 3.63) is 35.4 Å². The summed E-state index contributed by atoms with van der Waals surface area (Å²) >= 11 is 0. The SMILES string of the molecule is CC(C)Cc1ccc(C(N)CN(C)C2CCCC2)cc1. The van der Waals surface area contributed by atoms with Crippen molar-refractivity contribution in [2.75, 3.05) is 13.6 Å². The molecule has 1 fully saturated rings. The second kappa shape index (κ2) is 7.24. The first-order chi connectivity index (χ1) is 9.56. The molecule has 1 aliphatic carbocycles. The third-order valence-corrected chi connectivity index (χ3v) is 4.48. The second-order valence-electron chi connectivity index (χ2n) is 6.82. The first kappa shape index (κ1) is 15.5. The van der Waals surface area contributed by atoms with Crippen molar-refractivity contribution in [3.8, 4) is 0 Å². The standard InChI is InChI=1S/C18H30N2/c1-14(2)12-15-8-10-16(11-9-15)18(19)13-20(3)17-6-4-5-7-17/h8-11,14,17-18H,4-7,12-13,19H2,1-3H3. The number of hydrogen-bond acceptors (Lipinski definition) is 2. The van der Waals surface area contributed by atoms with Crippen LogP contribution in [0.25, 0.3) is 0 Å². The summed E-state index contributed by atoms with van der Waals surface area (Å²) in [7, 11) is 2.23. The summed E-state index contributed by atoms with van der Waals surface area (Å²) in [4.78, 5) is 2.46. The lowest BCUT2D eigenvalue weighted by atomic mass is 9.99. The van der Waals surface area contributed by atoms with E-state index >= 15 is 0 Å². The summed E-state index contributed by atoms with van der Waals surface area (Å²) in [6, 6.07) is 9.79. The molecule has 0 amide bonds. The van der Waals surface area contributed by atoms with Crippen molar-refractivity contribution in [1.29, 1.82) is 0 Å². The van der Waals surface area contributed by atoms with Crippen LogP contribution >= 0.6 is 0 Å². The van der Waals surface area contributed by atoms with E-state index in [0.717, 1.165) is 19.0 Å². The van der Waals surface area contributed by atoms with Crippen LogP contribution in [0.2, 0.25) is 0 Å². The fourth-order valence-electron chi connectivity index (χ4n) is 3.28. The highest BCUT2D eigenvalue weighted by Crippen LogP contribution is 2.24. The number of likely N-dealkylation sites (N-methyl/N-ethyl adjacent to an activating group) is 1. The van der Waals surface area contributed by atoms with Gasteiger partial charge in [-0.15, -0.1) is 0 Å². The minimum Gasteiger partial charge on any atom is -0.323 e. The minimum absolute atomic E-state index is 0.133. The molecule has 2 N–H and O–H groups in total. The maximum Gasteiger partial charge on any atom is 0.0424 e. The molecule has 1 aliphatic rings. The minimum atomic E-state index is 0.133. The molecular formula is C18H30N2. The third-order valence-electron chi connectivity index (χ3n) is 4.48. The molecule has 2 heteroatoms. The van der Waals surface area contributed by atoms with Crippen molar-refractivity contribution in [2.45, 2.75) is 58.0 Å². The maximum absolute atomic E-state index is 6.37. The van der Waals surface area contributed by atoms with Crippen LogP contribution in [0.15, 0.2) is 24.3 Å². The molecular weight excluding hydrogens is 244 g/mol. The zero-order chi connectivity index (χ0) is 14.5. The summed E-state index contributed by atoms with van der Waals surface area (Å²) in [5.41, 5.74) is 9.06. The highest BCUT2D eigenvalue weighted by Gasteiger charge is 2.21.